The second kappa shape index (κ2) is 9.72. The molecular formula is C29H28F2N8O2. The third-order valence-corrected chi connectivity index (χ3v) is 7.63. The van der Waals surface area contributed by atoms with Crippen molar-refractivity contribution in [1.29, 1.82) is 0 Å². The predicted octanol–water partition coefficient (Wildman–Crippen LogP) is 5.48. The van der Waals surface area contributed by atoms with Crippen molar-refractivity contribution in [3.05, 3.63) is 66.6 Å². The summed E-state index contributed by atoms with van der Waals surface area (Å²) in [6.45, 7) is 8.73. The van der Waals surface area contributed by atoms with Gasteiger partial charge in [0.25, 0.3) is 0 Å². The monoisotopic (exact) mass is 558 g/mol. The van der Waals surface area contributed by atoms with Gasteiger partial charge in [-0.15, -0.1) is 0 Å². The number of oxazole rings is 1. The van der Waals surface area contributed by atoms with E-state index < -0.39 is 11.6 Å². The number of ether oxygens (including phenoxy) is 1. The Kier molecular flexibility index (Phi) is 5.98. The number of fused-ring (bicyclic) bond motifs is 4. The fourth-order valence-electron chi connectivity index (χ4n) is 5.83. The second-order valence-corrected chi connectivity index (χ2v) is 10.6. The molecule has 5 heterocycles. The molecule has 0 bridgehead atoms. The second-order valence-electron chi connectivity index (χ2n) is 10.6. The molecule has 0 amide bonds. The van der Waals surface area contributed by atoms with Crippen LogP contribution in [0.1, 0.15) is 25.7 Å². The maximum atomic E-state index is 15.1. The average Bonchev–Trinajstić information content (AvgIpc) is 3.62. The molecular weight excluding hydrogens is 530 g/mol. The number of hydrogen-bond donors (Lipinski definition) is 1. The first kappa shape index (κ1) is 25.2. The Morgan fingerprint density at radius 2 is 1.93 bits per heavy atom. The summed E-state index contributed by atoms with van der Waals surface area (Å²) in [5.74, 6) is 1.20. The first-order valence-corrected chi connectivity index (χ1v) is 13.5. The van der Waals surface area contributed by atoms with E-state index in [-0.39, 0.29) is 29.2 Å². The van der Waals surface area contributed by atoms with Crippen molar-refractivity contribution in [3.63, 3.8) is 0 Å². The molecule has 0 aliphatic carbocycles. The molecule has 210 valence electrons. The number of nitrogens with zero attached hydrogens (tertiary/aromatic N) is 7. The molecule has 12 heteroatoms. The molecule has 41 heavy (non-hydrogen) atoms. The highest BCUT2D eigenvalue weighted by atomic mass is 19.1. The van der Waals surface area contributed by atoms with Crippen LogP contribution in [0.2, 0.25) is 0 Å². The number of halogens is 2. The van der Waals surface area contributed by atoms with E-state index in [2.05, 4.69) is 35.1 Å². The Labute approximate surface area is 234 Å². The van der Waals surface area contributed by atoms with Crippen LogP contribution in [0.3, 0.4) is 0 Å². The summed E-state index contributed by atoms with van der Waals surface area (Å²) in [7, 11) is 0. The number of imidazole rings is 1. The third-order valence-electron chi connectivity index (χ3n) is 7.63. The Balaban J connectivity index is 1.14. The molecule has 3 aromatic heterocycles. The average molecular weight is 559 g/mol. The van der Waals surface area contributed by atoms with Gasteiger partial charge in [-0.3, -0.25) is 0 Å². The lowest BCUT2D eigenvalue weighted by Gasteiger charge is -2.45. The first-order chi connectivity index (χ1) is 19.9. The summed E-state index contributed by atoms with van der Waals surface area (Å²) in [6.07, 6.45) is 4.26. The molecule has 1 N–H and O–H groups in total. The zero-order valence-electron chi connectivity index (χ0n) is 22.8. The Morgan fingerprint density at radius 1 is 1.05 bits per heavy atom. The van der Waals surface area contributed by atoms with Crippen molar-refractivity contribution in [3.8, 4) is 17.0 Å². The van der Waals surface area contributed by atoms with Gasteiger partial charge in [-0.05, 0) is 45.0 Å². The van der Waals surface area contributed by atoms with E-state index in [0.29, 0.717) is 29.2 Å². The van der Waals surface area contributed by atoms with Gasteiger partial charge in [0.1, 0.15) is 29.4 Å². The Morgan fingerprint density at radius 3 is 2.73 bits per heavy atom. The predicted molar refractivity (Wildman–Crippen MR) is 151 cm³/mol. The highest BCUT2D eigenvalue weighted by Crippen LogP contribution is 2.38. The van der Waals surface area contributed by atoms with E-state index in [4.69, 9.17) is 9.15 Å². The highest BCUT2D eigenvalue weighted by Gasteiger charge is 2.34. The van der Waals surface area contributed by atoms with E-state index in [1.54, 1.807) is 12.3 Å². The quantitative estimate of drug-likeness (QED) is 0.301. The molecule has 1 atom stereocenters. The molecule has 0 saturated carbocycles. The zero-order valence-corrected chi connectivity index (χ0v) is 22.8. The SMILES string of the molecule is Cc1nc2c(F)cc(-c3nc(Nc4ccc5c(c4)OCC4CN(c6cnco6)CCN54)ncc3F)cc2n1C(C)C. The van der Waals surface area contributed by atoms with Crippen LogP contribution < -0.4 is 19.9 Å². The summed E-state index contributed by atoms with van der Waals surface area (Å²) >= 11 is 0. The minimum Gasteiger partial charge on any atom is -0.489 e. The van der Waals surface area contributed by atoms with E-state index in [0.717, 1.165) is 43.2 Å². The van der Waals surface area contributed by atoms with Gasteiger partial charge >= 0.3 is 0 Å². The van der Waals surface area contributed by atoms with Gasteiger partial charge in [0.15, 0.2) is 18.0 Å². The molecule has 7 rings (SSSR count). The van der Waals surface area contributed by atoms with Gasteiger partial charge in [0.2, 0.25) is 11.8 Å². The lowest BCUT2D eigenvalue weighted by atomic mass is 10.1. The summed E-state index contributed by atoms with van der Waals surface area (Å²) in [6, 6.07) is 9.01. The third kappa shape index (κ3) is 4.39. The van der Waals surface area contributed by atoms with Gasteiger partial charge < -0.3 is 28.8 Å². The zero-order chi connectivity index (χ0) is 28.2. The lowest BCUT2D eigenvalue weighted by Crippen LogP contribution is -2.57. The van der Waals surface area contributed by atoms with Crippen molar-refractivity contribution in [1.82, 2.24) is 24.5 Å². The van der Waals surface area contributed by atoms with Crippen LogP contribution in [0.4, 0.5) is 32.0 Å². The summed E-state index contributed by atoms with van der Waals surface area (Å²) in [5.41, 5.74) is 2.85. The number of rotatable bonds is 5. The molecule has 1 fully saturated rings. The van der Waals surface area contributed by atoms with Gasteiger partial charge in [0.05, 0.1) is 29.6 Å². The van der Waals surface area contributed by atoms with Crippen LogP contribution in [0, 0.1) is 18.6 Å². The van der Waals surface area contributed by atoms with Gasteiger partial charge in [-0.2, -0.15) is 0 Å². The molecule has 0 spiro atoms. The number of anilines is 4. The Hall–Kier alpha value is -4.74. The number of benzene rings is 2. The molecule has 0 radical (unpaired) electrons. The maximum Gasteiger partial charge on any atom is 0.227 e. The van der Waals surface area contributed by atoms with Crippen LogP contribution in [0.25, 0.3) is 22.3 Å². The number of piperazine rings is 1. The smallest absolute Gasteiger partial charge is 0.227 e. The normalized spacial score (nSPS) is 16.6. The number of aromatic nitrogens is 5. The Bertz CT molecular complexity index is 1750. The molecule has 1 unspecified atom stereocenters. The summed E-state index contributed by atoms with van der Waals surface area (Å²) in [5, 5.41) is 3.15. The fraction of sp³-hybridized carbons (Fsp3) is 0.310. The van der Waals surface area contributed by atoms with Gasteiger partial charge in [0, 0.05) is 43.0 Å². The summed E-state index contributed by atoms with van der Waals surface area (Å²) < 4.78 is 43.5. The van der Waals surface area contributed by atoms with Crippen LogP contribution in [0.15, 0.2) is 53.5 Å². The number of nitrogens with one attached hydrogen (secondary N) is 1. The largest absolute Gasteiger partial charge is 0.489 e. The minimum atomic E-state index is -0.647. The van der Waals surface area contributed by atoms with Gasteiger partial charge in [-0.25, -0.2) is 28.7 Å². The van der Waals surface area contributed by atoms with E-state index in [1.165, 1.54) is 12.5 Å². The highest BCUT2D eigenvalue weighted by molar-refractivity contribution is 5.83. The van der Waals surface area contributed by atoms with Crippen LogP contribution in [-0.2, 0) is 0 Å². The summed E-state index contributed by atoms with van der Waals surface area (Å²) in [4.78, 5) is 21.4. The fourth-order valence-corrected chi connectivity index (χ4v) is 5.83. The van der Waals surface area contributed by atoms with E-state index in [9.17, 15) is 4.39 Å². The molecule has 2 aromatic carbocycles. The lowest BCUT2D eigenvalue weighted by molar-refractivity contribution is 0.253. The van der Waals surface area contributed by atoms with Gasteiger partial charge in [-0.1, -0.05) is 0 Å². The molecule has 5 aromatic rings. The van der Waals surface area contributed by atoms with Crippen LogP contribution >= 0.6 is 0 Å². The topological polar surface area (TPSA) is 97.4 Å². The van der Waals surface area contributed by atoms with E-state index in [1.807, 2.05) is 43.5 Å². The maximum absolute atomic E-state index is 15.1. The number of hydrogen-bond acceptors (Lipinski definition) is 9. The number of aryl methyl sites for hydroxylation is 1. The van der Waals surface area contributed by atoms with Crippen LogP contribution in [-0.4, -0.2) is 56.8 Å². The van der Waals surface area contributed by atoms with E-state index >= 15 is 4.39 Å². The van der Waals surface area contributed by atoms with Crippen molar-refractivity contribution in [2.24, 2.45) is 0 Å². The molecule has 2 aliphatic heterocycles. The standard InChI is InChI=1S/C29H28F2N8O2/c1-16(2)39-17(3)34-28-21(30)8-18(9-24(28)39)27-22(31)11-33-29(36-27)35-19-4-5-23-25(10-19)40-14-20-13-37(6-7-38(20)23)26-12-32-15-41-26/h4-5,8-12,15-16,20H,6-7,13-14H2,1-3H3,(H,33,35,36). The van der Waals surface area contributed by atoms with Crippen LogP contribution in [0.5, 0.6) is 5.75 Å². The molecule has 1 saturated heterocycles. The minimum absolute atomic E-state index is 0.000797. The van der Waals surface area contributed by atoms with Crippen molar-refractivity contribution < 1.29 is 17.9 Å². The molecule has 10 nitrogen and oxygen atoms in total. The van der Waals surface area contributed by atoms with Crippen molar-refractivity contribution in [2.75, 3.05) is 41.4 Å². The van der Waals surface area contributed by atoms with Crippen molar-refractivity contribution in [2.45, 2.75) is 32.9 Å². The van der Waals surface area contributed by atoms with Crippen molar-refractivity contribution >= 4 is 34.2 Å². The first-order valence-electron chi connectivity index (χ1n) is 13.5. The molecule has 2 aliphatic rings.